The molecule has 0 aromatic carbocycles. The lowest BCUT2D eigenvalue weighted by atomic mass is 10.1. The summed E-state index contributed by atoms with van der Waals surface area (Å²) in [6, 6.07) is 0. The molecule has 1 unspecified atom stereocenters. The predicted octanol–water partition coefficient (Wildman–Crippen LogP) is 18.6. The summed E-state index contributed by atoms with van der Waals surface area (Å²) >= 11 is 0. The van der Waals surface area contributed by atoms with Gasteiger partial charge in [-0.05, 0) is 122 Å². The van der Waals surface area contributed by atoms with Crippen LogP contribution < -0.4 is 0 Å². The standard InChI is InChI=1S/C61H100O5/c1-4-7-10-13-16-19-22-25-28-30-31-33-34-36-39-42-45-48-51-54-60(62)65-58-59(57-64-56-53-50-47-44-41-38-27-24-21-18-15-12-9-6-3)66-61(63)55-52-49-46-43-40-37-35-32-29-26-23-20-17-14-11-8-5-2/h7-8,10-11,16-17,19-21,24-26,28-29,31,33,35,37,43,46,59H,4-6,9,12-15,18,22-23,27,30,32,34,36,38-42,44-45,47-58H2,1-3H3/b10-7-,11-8-,19-16-,20-17-,24-21-,28-25-,29-26-,33-31-,37-35-,46-43-. The smallest absolute Gasteiger partial charge is 0.306 e. The molecule has 0 aromatic rings. The fraction of sp³-hybridized carbons (Fsp3) is 0.639. The van der Waals surface area contributed by atoms with E-state index < -0.39 is 6.10 Å². The zero-order valence-electron chi connectivity index (χ0n) is 42.9. The predicted molar refractivity (Wildman–Crippen MR) is 288 cm³/mol. The van der Waals surface area contributed by atoms with Crippen molar-refractivity contribution in [3.8, 4) is 0 Å². The van der Waals surface area contributed by atoms with Crippen LogP contribution >= 0.6 is 0 Å². The zero-order chi connectivity index (χ0) is 47.7. The Morgan fingerprint density at radius 1 is 0.348 bits per heavy atom. The Balaban J connectivity index is 4.42. The fourth-order valence-electron chi connectivity index (χ4n) is 7.00. The second kappa shape index (κ2) is 55.6. The maximum absolute atomic E-state index is 12.8. The molecule has 0 saturated heterocycles. The number of hydrogen-bond donors (Lipinski definition) is 0. The third-order valence-corrected chi connectivity index (χ3v) is 11.0. The van der Waals surface area contributed by atoms with Gasteiger partial charge in [0.2, 0.25) is 0 Å². The summed E-state index contributed by atoms with van der Waals surface area (Å²) in [6.45, 7) is 7.49. The van der Waals surface area contributed by atoms with Crippen LogP contribution in [0.2, 0.25) is 0 Å². The molecule has 5 heteroatoms. The summed E-state index contributed by atoms with van der Waals surface area (Å²) in [5, 5.41) is 0. The lowest BCUT2D eigenvalue weighted by Gasteiger charge is -2.18. The average Bonchev–Trinajstić information content (AvgIpc) is 3.32. The first-order valence-corrected chi connectivity index (χ1v) is 27.1. The van der Waals surface area contributed by atoms with Gasteiger partial charge in [0, 0.05) is 19.4 Å². The van der Waals surface area contributed by atoms with Gasteiger partial charge in [-0.25, -0.2) is 0 Å². The van der Waals surface area contributed by atoms with Crippen LogP contribution in [0.5, 0.6) is 0 Å². The van der Waals surface area contributed by atoms with Gasteiger partial charge in [-0.1, -0.05) is 213 Å². The Bertz CT molecular complexity index is 1350. The van der Waals surface area contributed by atoms with Gasteiger partial charge in [0.1, 0.15) is 6.61 Å². The summed E-state index contributed by atoms with van der Waals surface area (Å²) in [7, 11) is 0. The maximum atomic E-state index is 12.8. The molecule has 0 N–H and O–H groups in total. The van der Waals surface area contributed by atoms with Crippen LogP contribution in [0.25, 0.3) is 0 Å². The first kappa shape index (κ1) is 62.3. The minimum atomic E-state index is -0.583. The van der Waals surface area contributed by atoms with E-state index in [-0.39, 0.29) is 25.2 Å². The van der Waals surface area contributed by atoms with Crippen molar-refractivity contribution in [3.63, 3.8) is 0 Å². The molecule has 0 bridgehead atoms. The van der Waals surface area contributed by atoms with E-state index in [1.54, 1.807) is 0 Å². The molecular weight excluding hydrogens is 813 g/mol. The lowest BCUT2D eigenvalue weighted by molar-refractivity contribution is -0.162. The summed E-state index contributed by atoms with van der Waals surface area (Å²) in [4.78, 5) is 25.4. The quantitative estimate of drug-likeness (QED) is 0.0346. The number of ether oxygens (including phenoxy) is 3. The van der Waals surface area contributed by atoms with E-state index in [0.29, 0.717) is 19.4 Å². The molecule has 0 fully saturated rings. The third-order valence-electron chi connectivity index (χ3n) is 11.0. The van der Waals surface area contributed by atoms with Crippen LogP contribution in [0.3, 0.4) is 0 Å². The molecule has 1 atom stereocenters. The fourth-order valence-corrected chi connectivity index (χ4v) is 7.00. The molecular formula is C61H100O5. The highest BCUT2D eigenvalue weighted by Crippen LogP contribution is 2.12. The van der Waals surface area contributed by atoms with Crippen molar-refractivity contribution >= 4 is 11.9 Å². The average molecular weight is 913 g/mol. The molecule has 0 aliphatic carbocycles. The summed E-state index contributed by atoms with van der Waals surface area (Å²) in [5.74, 6) is -0.489. The molecule has 66 heavy (non-hydrogen) atoms. The molecule has 0 radical (unpaired) electrons. The van der Waals surface area contributed by atoms with Crippen molar-refractivity contribution in [3.05, 3.63) is 122 Å². The Labute approximate surface area is 407 Å². The van der Waals surface area contributed by atoms with E-state index in [0.717, 1.165) is 109 Å². The lowest BCUT2D eigenvalue weighted by Crippen LogP contribution is -2.30. The molecule has 0 spiro atoms. The number of rotatable bonds is 48. The van der Waals surface area contributed by atoms with Gasteiger partial charge in [0.05, 0.1) is 6.61 Å². The Kier molecular flexibility index (Phi) is 52.5. The molecule has 0 heterocycles. The van der Waals surface area contributed by atoms with E-state index in [1.807, 2.05) is 0 Å². The molecule has 374 valence electrons. The maximum Gasteiger partial charge on any atom is 0.306 e. The van der Waals surface area contributed by atoms with Gasteiger partial charge in [0.15, 0.2) is 6.10 Å². The number of hydrogen-bond acceptors (Lipinski definition) is 5. The Morgan fingerprint density at radius 3 is 1.15 bits per heavy atom. The highest BCUT2D eigenvalue weighted by Gasteiger charge is 2.17. The summed E-state index contributed by atoms with van der Waals surface area (Å²) in [5.41, 5.74) is 0. The molecule has 0 aliphatic heterocycles. The molecule has 0 rings (SSSR count). The highest BCUT2D eigenvalue weighted by molar-refractivity contribution is 5.70. The number of carbonyl (C=O) groups is 2. The monoisotopic (exact) mass is 913 g/mol. The van der Waals surface area contributed by atoms with Gasteiger partial charge < -0.3 is 14.2 Å². The summed E-state index contributed by atoms with van der Waals surface area (Å²) in [6.07, 6.45) is 77.8. The van der Waals surface area contributed by atoms with Gasteiger partial charge in [0.25, 0.3) is 0 Å². The topological polar surface area (TPSA) is 61.8 Å². The van der Waals surface area contributed by atoms with Crippen molar-refractivity contribution in [2.75, 3.05) is 19.8 Å². The largest absolute Gasteiger partial charge is 0.462 e. The van der Waals surface area contributed by atoms with Crippen LogP contribution in [0.1, 0.15) is 226 Å². The number of allylic oxidation sites excluding steroid dienone is 20. The minimum absolute atomic E-state index is 0.0455. The second-order valence-electron chi connectivity index (χ2n) is 17.4. The van der Waals surface area contributed by atoms with Crippen LogP contribution in [0.4, 0.5) is 0 Å². The number of unbranched alkanes of at least 4 members (excludes halogenated alkanes) is 17. The van der Waals surface area contributed by atoms with E-state index >= 15 is 0 Å². The van der Waals surface area contributed by atoms with Gasteiger partial charge >= 0.3 is 11.9 Å². The normalized spacial score (nSPS) is 13.2. The molecule has 0 aromatic heterocycles. The van der Waals surface area contributed by atoms with Crippen molar-refractivity contribution < 1.29 is 23.8 Å². The van der Waals surface area contributed by atoms with Crippen molar-refractivity contribution in [1.82, 2.24) is 0 Å². The van der Waals surface area contributed by atoms with Gasteiger partial charge in [-0.2, -0.15) is 0 Å². The minimum Gasteiger partial charge on any atom is -0.462 e. The highest BCUT2D eigenvalue weighted by atomic mass is 16.6. The van der Waals surface area contributed by atoms with E-state index in [1.165, 1.54) is 83.5 Å². The van der Waals surface area contributed by atoms with Crippen molar-refractivity contribution in [2.45, 2.75) is 232 Å². The first-order valence-electron chi connectivity index (χ1n) is 27.1. The second-order valence-corrected chi connectivity index (χ2v) is 17.4. The molecule has 5 nitrogen and oxygen atoms in total. The van der Waals surface area contributed by atoms with Gasteiger partial charge in [-0.15, -0.1) is 0 Å². The first-order chi connectivity index (χ1) is 32.6. The van der Waals surface area contributed by atoms with Crippen LogP contribution in [0.15, 0.2) is 122 Å². The van der Waals surface area contributed by atoms with Gasteiger partial charge in [-0.3, -0.25) is 9.59 Å². The molecule has 0 aliphatic rings. The van der Waals surface area contributed by atoms with Crippen molar-refractivity contribution in [2.24, 2.45) is 0 Å². The number of esters is 2. The number of carbonyl (C=O) groups excluding carboxylic acids is 2. The van der Waals surface area contributed by atoms with Crippen LogP contribution in [-0.2, 0) is 23.8 Å². The Morgan fingerprint density at radius 2 is 0.697 bits per heavy atom. The zero-order valence-corrected chi connectivity index (χ0v) is 42.9. The SMILES string of the molecule is CC/C=C\C/C=C\C/C=C\C/C=C\C/C=C\CCCC(=O)OC(COCCCCCCCC/C=C\CCCCCC)COC(=O)CCCCCCCC/C=C\C/C=C\C/C=C\C/C=C\CC. The van der Waals surface area contributed by atoms with E-state index in [9.17, 15) is 9.59 Å². The summed E-state index contributed by atoms with van der Waals surface area (Å²) < 4.78 is 17.4. The Hall–Kier alpha value is -3.70. The van der Waals surface area contributed by atoms with Crippen LogP contribution in [-0.4, -0.2) is 37.9 Å². The van der Waals surface area contributed by atoms with E-state index in [4.69, 9.17) is 14.2 Å². The van der Waals surface area contributed by atoms with E-state index in [2.05, 4.69) is 142 Å². The molecule has 0 saturated carbocycles. The van der Waals surface area contributed by atoms with Crippen molar-refractivity contribution in [1.29, 1.82) is 0 Å². The third kappa shape index (κ3) is 52.9. The van der Waals surface area contributed by atoms with Crippen LogP contribution in [0, 0.1) is 0 Å². The molecule has 0 amide bonds.